The number of carbonyl (C=O) groups is 2. The van der Waals surface area contributed by atoms with E-state index in [1.54, 1.807) is 17.7 Å². The van der Waals surface area contributed by atoms with Crippen LogP contribution >= 0.6 is 0 Å². The molecule has 0 spiro atoms. The van der Waals surface area contributed by atoms with E-state index in [1.807, 2.05) is 75.5 Å². The van der Waals surface area contributed by atoms with Crippen LogP contribution in [0.5, 0.6) is 5.75 Å². The SMILES string of the molecule is CC1=C(C#N)C(=O)N(C2CCCCC2)C(=O)/C1=C/c1cn(-c2ccccc2)nc1-c1ccc(OC(C)C)c(C)c1. The fourth-order valence-corrected chi connectivity index (χ4v) is 5.54. The van der Waals surface area contributed by atoms with Gasteiger partial charge in [0, 0.05) is 28.9 Å². The Balaban J connectivity index is 1.65. The molecule has 3 aromatic rings. The van der Waals surface area contributed by atoms with Gasteiger partial charge in [-0.05, 0) is 88.1 Å². The number of benzene rings is 2. The van der Waals surface area contributed by atoms with Gasteiger partial charge in [-0.1, -0.05) is 37.5 Å². The van der Waals surface area contributed by atoms with Crippen LogP contribution in [0.4, 0.5) is 0 Å². The summed E-state index contributed by atoms with van der Waals surface area (Å²) < 4.78 is 7.73. The normalized spacial score (nSPS) is 17.6. The zero-order valence-corrected chi connectivity index (χ0v) is 23.5. The maximum atomic E-state index is 13.9. The maximum absolute atomic E-state index is 13.9. The predicted octanol–water partition coefficient (Wildman–Crippen LogP) is 6.56. The van der Waals surface area contributed by atoms with Crippen LogP contribution in [0.25, 0.3) is 23.0 Å². The van der Waals surface area contributed by atoms with Gasteiger partial charge >= 0.3 is 0 Å². The molecule has 5 rings (SSSR count). The fraction of sp³-hybridized carbons (Fsp3) is 0.333. The van der Waals surface area contributed by atoms with Gasteiger partial charge in [-0.25, -0.2) is 4.68 Å². The highest BCUT2D eigenvalue weighted by molar-refractivity contribution is 6.20. The van der Waals surface area contributed by atoms with Gasteiger partial charge in [0.25, 0.3) is 11.8 Å². The molecule has 0 bridgehead atoms. The number of amides is 2. The Labute approximate surface area is 235 Å². The molecule has 0 N–H and O–H groups in total. The number of nitrogens with zero attached hydrogens (tertiary/aromatic N) is 4. The molecule has 7 heteroatoms. The largest absolute Gasteiger partial charge is 0.491 e. The maximum Gasteiger partial charge on any atom is 0.271 e. The van der Waals surface area contributed by atoms with Gasteiger partial charge in [0.15, 0.2) is 0 Å². The highest BCUT2D eigenvalue weighted by Crippen LogP contribution is 2.35. The number of carbonyl (C=O) groups excluding carboxylic acids is 2. The van der Waals surface area contributed by atoms with Gasteiger partial charge in [-0.15, -0.1) is 0 Å². The van der Waals surface area contributed by atoms with Crippen LogP contribution in [0.3, 0.4) is 0 Å². The number of hydrogen-bond donors (Lipinski definition) is 0. The lowest BCUT2D eigenvalue weighted by atomic mass is 9.88. The van der Waals surface area contributed by atoms with Crippen molar-refractivity contribution in [3.05, 3.63) is 82.6 Å². The minimum atomic E-state index is -0.481. The first kappa shape index (κ1) is 27.1. The molecule has 1 aliphatic heterocycles. The Morgan fingerprint density at radius 1 is 1.02 bits per heavy atom. The van der Waals surface area contributed by atoms with Crippen molar-refractivity contribution in [2.24, 2.45) is 0 Å². The second-order valence-corrected chi connectivity index (χ2v) is 10.8. The molecule has 1 aromatic heterocycles. The molecule has 1 fully saturated rings. The second-order valence-electron chi connectivity index (χ2n) is 10.8. The highest BCUT2D eigenvalue weighted by atomic mass is 16.5. The summed E-state index contributed by atoms with van der Waals surface area (Å²) in [5.41, 5.74) is 4.93. The van der Waals surface area contributed by atoms with Gasteiger partial charge in [-0.3, -0.25) is 14.5 Å². The first-order chi connectivity index (χ1) is 19.3. The molecule has 0 saturated heterocycles. The Morgan fingerprint density at radius 3 is 2.40 bits per heavy atom. The summed E-state index contributed by atoms with van der Waals surface area (Å²) in [5, 5.41) is 14.8. The van der Waals surface area contributed by atoms with Crippen molar-refractivity contribution in [2.75, 3.05) is 0 Å². The number of nitriles is 1. The summed E-state index contributed by atoms with van der Waals surface area (Å²) in [7, 11) is 0. The van der Waals surface area contributed by atoms with Crippen molar-refractivity contribution in [1.29, 1.82) is 5.26 Å². The van der Waals surface area contributed by atoms with Crippen LogP contribution in [0.2, 0.25) is 0 Å². The van der Waals surface area contributed by atoms with E-state index in [1.165, 1.54) is 4.90 Å². The molecular weight excluding hydrogens is 500 g/mol. The van der Waals surface area contributed by atoms with Gasteiger partial charge in [0.1, 0.15) is 17.4 Å². The first-order valence-corrected chi connectivity index (χ1v) is 13.9. The molecule has 0 atom stereocenters. The fourth-order valence-electron chi connectivity index (χ4n) is 5.54. The lowest BCUT2D eigenvalue weighted by Gasteiger charge is -2.36. The summed E-state index contributed by atoms with van der Waals surface area (Å²) >= 11 is 0. The standard InChI is InChI=1S/C33H34N4O3/c1-21(2)40-30-16-15-24(17-22(30)3)31-25(20-36(35-31)26-11-7-5-8-12-26)18-28-23(4)29(19-34)33(39)37(32(28)38)27-13-9-6-10-14-27/h5,7-8,11-12,15-18,20-21,27H,6,9-10,13-14H2,1-4H3/b28-18+. The van der Waals surface area contributed by atoms with Crippen LogP contribution in [0.15, 0.2) is 71.4 Å². The molecule has 1 aliphatic carbocycles. The summed E-state index contributed by atoms with van der Waals surface area (Å²) in [5.74, 6) is -0.0167. The van der Waals surface area contributed by atoms with Crippen molar-refractivity contribution in [1.82, 2.24) is 14.7 Å². The predicted molar refractivity (Wildman–Crippen MR) is 155 cm³/mol. The number of rotatable bonds is 6. The number of aromatic nitrogens is 2. The lowest BCUT2D eigenvalue weighted by Crippen LogP contribution is -2.49. The van der Waals surface area contributed by atoms with Gasteiger partial charge in [0.05, 0.1) is 17.5 Å². The number of imide groups is 1. The minimum Gasteiger partial charge on any atom is -0.491 e. The van der Waals surface area contributed by atoms with Crippen molar-refractivity contribution in [3.8, 4) is 28.8 Å². The third-order valence-electron chi connectivity index (χ3n) is 7.59. The first-order valence-electron chi connectivity index (χ1n) is 13.9. The Bertz CT molecular complexity index is 1550. The molecule has 2 amide bonds. The zero-order chi connectivity index (χ0) is 28.4. The van der Waals surface area contributed by atoms with Gasteiger partial charge in [0.2, 0.25) is 0 Å². The summed E-state index contributed by atoms with van der Waals surface area (Å²) in [4.78, 5) is 28.5. The van der Waals surface area contributed by atoms with Crippen LogP contribution in [-0.4, -0.2) is 38.6 Å². The molecule has 40 heavy (non-hydrogen) atoms. The van der Waals surface area contributed by atoms with E-state index >= 15 is 0 Å². The van der Waals surface area contributed by atoms with Crippen molar-refractivity contribution in [3.63, 3.8) is 0 Å². The van der Waals surface area contributed by atoms with E-state index < -0.39 is 5.91 Å². The summed E-state index contributed by atoms with van der Waals surface area (Å²) in [6.45, 7) is 7.67. The van der Waals surface area contributed by atoms with Gasteiger partial charge in [-0.2, -0.15) is 10.4 Å². The van der Waals surface area contributed by atoms with E-state index in [-0.39, 0.29) is 23.6 Å². The third kappa shape index (κ3) is 5.22. The number of aryl methyl sites for hydroxylation is 1. The number of hydrogen-bond acceptors (Lipinski definition) is 5. The van der Waals surface area contributed by atoms with E-state index in [0.717, 1.165) is 60.2 Å². The molecule has 2 aliphatic rings. The van der Waals surface area contributed by atoms with Crippen molar-refractivity contribution >= 4 is 17.9 Å². The molecule has 0 unspecified atom stereocenters. The zero-order valence-electron chi connectivity index (χ0n) is 23.5. The Morgan fingerprint density at radius 2 is 1.75 bits per heavy atom. The van der Waals surface area contributed by atoms with E-state index in [4.69, 9.17) is 9.84 Å². The summed E-state index contributed by atoms with van der Waals surface area (Å²) in [6.07, 6.45) is 8.29. The van der Waals surface area contributed by atoms with Crippen molar-refractivity contribution < 1.29 is 14.3 Å². The monoisotopic (exact) mass is 534 g/mol. The average molecular weight is 535 g/mol. The molecule has 2 heterocycles. The molecule has 2 aromatic carbocycles. The molecular formula is C33H34N4O3. The second kappa shape index (κ2) is 11.4. The molecule has 204 valence electrons. The summed E-state index contributed by atoms with van der Waals surface area (Å²) in [6, 6.07) is 17.6. The van der Waals surface area contributed by atoms with Crippen LogP contribution < -0.4 is 4.74 Å². The van der Waals surface area contributed by atoms with E-state index in [9.17, 15) is 14.9 Å². The topological polar surface area (TPSA) is 88.2 Å². The van der Waals surface area contributed by atoms with Gasteiger partial charge < -0.3 is 4.74 Å². The van der Waals surface area contributed by atoms with Crippen LogP contribution in [0, 0.1) is 18.3 Å². The Kier molecular flexibility index (Phi) is 7.70. The Hall–Kier alpha value is -4.44. The number of ether oxygens (including phenoxy) is 1. The van der Waals surface area contributed by atoms with Crippen LogP contribution in [0.1, 0.15) is 64.0 Å². The quantitative estimate of drug-likeness (QED) is 0.264. The van der Waals surface area contributed by atoms with Crippen LogP contribution in [-0.2, 0) is 9.59 Å². The molecule has 1 saturated carbocycles. The van der Waals surface area contributed by atoms with E-state index in [0.29, 0.717) is 16.8 Å². The smallest absolute Gasteiger partial charge is 0.271 e. The minimum absolute atomic E-state index is 0.0273. The highest BCUT2D eigenvalue weighted by Gasteiger charge is 2.40. The van der Waals surface area contributed by atoms with Crippen molar-refractivity contribution in [2.45, 2.75) is 71.9 Å². The average Bonchev–Trinajstić information content (AvgIpc) is 3.37. The van der Waals surface area contributed by atoms with E-state index in [2.05, 4.69) is 6.07 Å². The molecule has 7 nitrogen and oxygen atoms in total. The molecule has 0 radical (unpaired) electrons. The lowest BCUT2D eigenvalue weighted by molar-refractivity contribution is -0.143. The third-order valence-corrected chi connectivity index (χ3v) is 7.59. The number of para-hydroxylation sites is 1.